The lowest BCUT2D eigenvalue weighted by atomic mass is 10.2. The Labute approximate surface area is 145 Å². The van der Waals surface area contributed by atoms with Crippen LogP contribution < -0.4 is 0 Å². The first-order valence-electron chi connectivity index (χ1n) is 7.94. The minimum absolute atomic E-state index is 0.0303. The largest absolute Gasteiger partial charge is 0.419 e. The van der Waals surface area contributed by atoms with E-state index in [9.17, 15) is 8.42 Å². The zero-order chi connectivity index (χ0) is 17.3. The Morgan fingerprint density at radius 2 is 1.88 bits per heavy atom. The van der Waals surface area contributed by atoms with E-state index in [2.05, 4.69) is 15.2 Å². The van der Waals surface area contributed by atoms with Crippen LogP contribution in [0, 0.1) is 0 Å². The van der Waals surface area contributed by atoms with Crippen molar-refractivity contribution in [3.63, 3.8) is 0 Å². The molecule has 3 aromatic rings. The molecule has 4 rings (SSSR count). The van der Waals surface area contributed by atoms with Crippen LogP contribution in [0.3, 0.4) is 0 Å². The molecule has 128 valence electrons. The van der Waals surface area contributed by atoms with E-state index in [-0.39, 0.29) is 23.4 Å². The highest BCUT2D eigenvalue weighted by Gasteiger charge is 2.39. The molecule has 2 aromatic heterocycles. The molecule has 0 spiro atoms. The number of hydrogen-bond donors (Lipinski definition) is 0. The molecule has 0 bridgehead atoms. The molecule has 2 heterocycles. The summed E-state index contributed by atoms with van der Waals surface area (Å²) in [6, 6.07) is 12.5. The molecule has 0 atom stereocenters. The van der Waals surface area contributed by atoms with Crippen LogP contribution in [0.2, 0.25) is 0 Å². The molecule has 0 unspecified atom stereocenters. The second kappa shape index (κ2) is 6.38. The molecule has 1 fully saturated rings. The van der Waals surface area contributed by atoms with Crippen LogP contribution in [0.4, 0.5) is 0 Å². The van der Waals surface area contributed by atoms with Crippen molar-refractivity contribution in [2.24, 2.45) is 0 Å². The van der Waals surface area contributed by atoms with Crippen molar-refractivity contribution in [3.05, 3.63) is 60.7 Å². The third kappa shape index (κ3) is 3.31. The van der Waals surface area contributed by atoms with Crippen LogP contribution >= 0.6 is 0 Å². The minimum Gasteiger partial charge on any atom is -0.419 e. The summed E-state index contributed by atoms with van der Waals surface area (Å²) >= 11 is 0. The van der Waals surface area contributed by atoms with Gasteiger partial charge in [-0.1, -0.05) is 18.2 Å². The van der Waals surface area contributed by atoms with Gasteiger partial charge in [0.15, 0.2) is 0 Å². The molecule has 1 saturated carbocycles. The first-order valence-corrected chi connectivity index (χ1v) is 9.38. The van der Waals surface area contributed by atoms with Gasteiger partial charge in [-0.25, -0.2) is 8.42 Å². The SMILES string of the molecule is O=S(=O)(c1cccnc1)N(Cc1nnc(-c2ccccc2)o1)C1CC1. The summed E-state index contributed by atoms with van der Waals surface area (Å²) in [4.78, 5) is 4.08. The van der Waals surface area contributed by atoms with Gasteiger partial charge in [-0.3, -0.25) is 4.98 Å². The topological polar surface area (TPSA) is 89.2 Å². The number of rotatable bonds is 6. The van der Waals surface area contributed by atoms with Crippen LogP contribution in [0.15, 0.2) is 64.2 Å². The normalized spacial score (nSPS) is 14.8. The van der Waals surface area contributed by atoms with Crippen molar-refractivity contribution in [1.82, 2.24) is 19.5 Å². The number of sulfonamides is 1. The van der Waals surface area contributed by atoms with Crippen LogP contribution in [0.25, 0.3) is 11.5 Å². The summed E-state index contributed by atoms with van der Waals surface area (Å²) in [6.45, 7) is 0.0573. The Morgan fingerprint density at radius 1 is 1.08 bits per heavy atom. The summed E-state index contributed by atoms with van der Waals surface area (Å²) in [5.41, 5.74) is 0.800. The molecule has 0 saturated heterocycles. The molecule has 0 amide bonds. The highest BCUT2D eigenvalue weighted by molar-refractivity contribution is 7.89. The molecule has 1 aliphatic rings. The summed E-state index contributed by atoms with van der Waals surface area (Å²) in [6.07, 6.45) is 4.57. The van der Waals surface area contributed by atoms with Crippen molar-refractivity contribution in [1.29, 1.82) is 0 Å². The van der Waals surface area contributed by atoms with Crippen molar-refractivity contribution >= 4 is 10.0 Å². The van der Waals surface area contributed by atoms with E-state index >= 15 is 0 Å². The maximum Gasteiger partial charge on any atom is 0.247 e. The number of aromatic nitrogens is 3. The highest BCUT2D eigenvalue weighted by Crippen LogP contribution is 2.33. The van der Waals surface area contributed by atoms with Gasteiger partial charge < -0.3 is 4.42 Å². The summed E-state index contributed by atoms with van der Waals surface area (Å²) in [5, 5.41) is 8.03. The van der Waals surface area contributed by atoms with Gasteiger partial charge in [0.05, 0.1) is 6.54 Å². The fourth-order valence-electron chi connectivity index (χ4n) is 2.56. The molecule has 1 aliphatic carbocycles. The lowest BCUT2D eigenvalue weighted by Crippen LogP contribution is -2.32. The average molecular weight is 356 g/mol. The Balaban J connectivity index is 1.61. The average Bonchev–Trinajstić information content (AvgIpc) is 3.38. The van der Waals surface area contributed by atoms with Gasteiger partial charge in [0.1, 0.15) is 4.90 Å². The fraction of sp³-hybridized carbons (Fsp3) is 0.235. The smallest absolute Gasteiger partial charge is 0.247 e. The molecule has 25 heavy (non-hydrogen) atoms. The quantitative estimate of drug-likeness (QED) is 0.674. The Morgan fingerprint density at radius 3 is 2.56 bits per heavy atom. The maximum absolute atomic E-state index is 12.9. The predicted octanol–water partition coefficient (Wildman–Crippen LogP) is 2.48. The second-order valence-electron chi connectivity index (χ2n) is 5.84. The summed E-state index contributed by atoms with van der Waals surface area (Å²) in [5.74, 6) is 0.656. The second-order valence-corrected chi connectivity index (χ2v) is 7.73. The number of pyridine rings is 1. The van der Waals surface area contributed by atoms with E-state index < -0.39 is 10.0 Å². The van der Waals surface area contributed by atoms with E-state index in [0.29, 0.717) is 5.89 Å². The van der Waals surface area contributed by atoms with Crippen LogP contribution in [0.1, 0.15) is 18.7 Å². The molecule has 1 aromatic carbocycles. The maximum atomic E-state index is 12.9. The van der Waals surface area contributed by atoms with E-state index in [1.54, 1.807) is 18.3 Å². The zero-order valence-electron chi connectivity index (χ0n) is 13.3. The van der Waals surface area contributed by atoms with Crippen molar-refractivity contribution in [3.8, 4) is 11.5 Å². The standard InChI is InChI=1S/C17H16N4O3S/c22-25(23,15-7-4-10-18-11-15)21(14-8-9-14)12-16-19-20-17(24-16)13-5-2-1-3-6-13/h1-7,10-11,14H,8-9,12H2. The van der Waals surface area contributed by atoms with Gasteiger partial charge in [0.25, 0.3) is 0 Å². The molecule has 8 heteroatoms. The molecular formula is C17H16N4O3S. The lowest BCUT2D eigenvalue weighted by molar-refractivity contribution is 0.351. The Bertz CT molecular complexity index is 954. The number of benzene rings is 1. The van der Waals surface area contributed by atoms with Crippen LogP contribution in [-0.2, 0) is 16.6 Å². The predicted molar refractivity (Wildman–Crippen MR) is 89.7 cm³/mol. The van der Waals surface area contributed by atoms with E-state index in [0.717, 1.165) is 18.4 Å². The summed E-state index contributed by atoms with van der Waals surface area (Å²) < 4.78 is 32.9. The first kappa shape index (κ1) is 15.9. The summed E-state index contributed by atoms with van der Waals surface area (Å²) in [7, 11) is -3.65. The van der Waals surface area contributed by atoms with E-state index in [1.165, 1.54) is 10.5 Å². The third-order valence-corrected chi connectivity index (χ3v) is 5.86. The van der Waals surface area contributed by atoms with E-state index in [4.69, 9.17) is 4.42 Å². The monoisotopic (exact) mass is 356 g/mol. The van der Waals surface area contributed by atoms with Crippen molar-refractivity contribution in [2.45, 2.75) is 30.3 Å². The third-order valence-electron chi connectivity index (χ3n) is 3.97. The molecule has 7 nitrogen and oxygen atoms in total. The van der Waals surface area contributed by atoms with Gasteiger partial charge in [0, 0.05) is 24.0 Å². The Hall–Kier alpha value is -2.58. The van der Waals surface area contributed by atoms with Gasteiger partial charge in [0.2, 0.25) is 21.8 Å². The molecular weight excluding hydrogens is 340 g/mol. The van der Waals surface area contributed by atoms with Gasteiger partial charge in [-0.05, 0) is 37.1 Å². The minimum atomic E-state index is -3.65. The first-order chi connectivity index (χ1) is 12.1. The van der Waals surface area contributed by atoms with Crippen molar-refractivity contribution in [2.75, 3.05) is 0 Å². The number of hydrogen-bond acceptors (Lipinski definition) is 6. The molecule has 0 radical (unpaired) electrons. The van der Waals surface area contributed by atoms with Gasteiger partial charge >= 0.3 is 0 Å². The fourth-order valence-corrected chi connectivity index (χ4v) is 4.16. The van der Waals surface area contributed by atoms with Crippen LogP contribution in [-0.4, -0.2) is 33.9 Å². The van der Waals surface area contributed by atoms with Gasteiger partial charge in [-0.15, -0.1) is 10.2 Å². The van der Waals surface area contributed by atoms with Crippen LogP contribution in [0.5, 0.6) is 0 Å². The number of nitrogens with zero attached hydrogens (tertiary/aromatic N) is 4. The van der Waals surface area contributed by atoms with E-state index in [1.807, 2.05) is 30.3 Å². The zero-order valence-corrected chi connectivity index (χ0v) is 14.1. The van der Waals surface area contributed by atoms with Gasteiger partial charge in [-0.2, -0.15) is 4.31 Å². The lowest BCUT2D eigenvalue weighted by Gasteiger charge is -2.19. The Kier molecular flexibility index (Phi) is 4.06. The molecule has 0 aliphatic heterocycles. The van der Waals surface area contributed by atoms with Crippen molar-refractivity contribution < 1.29 is 12.8 Å². The highest BCUT2D eigenvalue weighted by atomic mass is 32.2. The molecule has 0 N–H and O–H groups in total.